The van der Waals surface area contributed by atoms with E-state index in [-0.39, 0.29) is 24.8 Å². The minimum absolute atomic E-state index is 0. The van der Waals surface area contributed by atoms with E-state index in [0.717, 1.165) is 16.7 Å². The van der Waals surface area contributed by atoms with Crippen molar-refractivity contribution in [1.82, 2.24) is 9.55 Å². The molecule has 2 rings (SSSR count). The molecule has 0 saturated carbocycles. The molecular weight excluding hydrogens is 221 g/mol. The number of rotatable bonds is 1. The summed E-state index contributed by atoms with van der Waals surface area (Å²) < 4.78 is 2.02. The highest BCUT2D eigenvalue weighted by molar-refractivity contribution is 5.85. The van der Waals surface area contributed by atoms with E-state index in [0.29, 0.717) is 6.54 Å². The van der Waals surface area contributed by atoms with Gasteiger partial charge >= 0.3 is 0 Å². The molecule has 2 N–H and O–H groups in total. The normalized spacial score (nSPS) is 9.29. The molecule has 0 aliphatic carbocycles. The van der Waals surface area contributed by atoms with Crippen LogP contribution < -0.4 is 5.73 Å². The first-order valence-corrected chi connectivity index (χ1v) is 3.92. The molecule has 0 fully saturated rings. The van der Waals surface area contributed by atoms with Gasteiger partial charge in [-0.25, -0.2) is 4.98 Å². The van der Waals surface area contributed by atoms with Gasteiger partial charge in [0.2, 0.25) is 0 Å². The van der Waals surface area contributed by atoms with Crippen LogP contribution >= 0.6 is 24.8 Å². The number of nitrogens with two attached hydrogens (primary N) is 1. The molecule has 0 atom stereocenters. The summed E-state index contributed by atoms with van der Waals surface area (Å²) in [4.78, 5) is 4.26. The third-order valence-electron chi connectivity index (χ3n) is 2.10. The molecule has 0 bridgehead atoms. The first kappa shape index (κ1) is 13.2. The number of aromatic nitrogens is 2. The van der Waals surface area contributed by atoms with Crippen LogP contribution in [0.15, 0.2) is 24.4 Å². The van der Waals surface area contributed by atoms with Gasteiger partial charge in [-0.15, -0.1) is 24.8 Å². The average molecular weight is 234 g/mol. The van der Waals surface area contributed by atoms with Crippen molar-refractivity contribution in [1.29, 1.82) is 0 Å². The smallest absolute Gasteiger partial charge is 0.139 e. The monoisotopic (exact) mass is 233 g/mol. The van der Waals surface area contributed by atoms with Crippen molar-refractivity contribution in [2.45, 2.75) is 6.54 Å². The molecule has 2 aromatic heterocycles. The van der Waals surface area contributed by atoms with Crippen molar-refractivity contribution in [3.63, 3.8) is 0 Å². The second-order valence-corrected chi connectivity index (χ2v) is 2.82. The van der Waals surface area contributed by atoms with E-state index in [4.69, 9.17) is 5.73 Å². The van der Waals surface area contributed by atoms with Gasteiger partial charge in [-0.1, -0.05) is 0 Å². The highest BCUT2D eigenvalue weighted by Gasteiger charge is 2.02. The van der Waals surface area contributed by atoms with E-state index >= 15 is 0 Å². The Bertz CT molecular complexity index is 411. The van der Waals surface area contributed by atoms with Crippen LogP contribution in [-0.4, -0.2) is 9.55 Å². The van der Waals surface area contributed by atoms with Gasteiger partial charge in [-0.3, -0.25) is 0 Å². The molecule has 3 nitrogen and oxygen atoms in total. The van der Waals surface area contributed by atoms with Crippen LogP contribution in [0.1, 0.15) is 5.69 Å². The summed E-state index contributed by atoms with van der Waals surface area (Å²) >= 11 is 0. The van der Waals surface area contributed by atoms with Gasteiger partial charge in [0, 0.05) is 30.9 Å². The minimum Gasteiger partial charge on any atom is -0.331 e. The SMILES string of the molecule is Cl.Cl.Cn1c(CN)cc2cccnc21. The third kappa shape index (κ3) is 2.00. The predicted octanol–water partition coefficient (Wildman–Crippen LogP) is 1.88. The zero-order chi connectivity index (χ0) is 8.55. The maximum atomic E-state index is 5.57. The molecule has 0 amide bonds. The van der Waals surface area contributed by atoms with E-state index in [2.05, 4.69) is 11.1 Å². The summed E-state index contributed by atoms with van der Waals surface area (Å²) in [5.41, 5.74) is 7.68. The Kier molecular flexibility index (Phi) is 4.91. The van der Waals surface area contributed by atoms with Gasteiger partial charge in [-0.2, -0.15) is 0 Å². The van der Waals surface area contributed by atoms with E-state index in [9.17, 15) is 0 Å². The summed E-state index contributed by atoms with van der Waals surface area (Å²) in [6.07, 6.45) is 1.79. The summed E-state index contributed by atoms with van der Waals surface area (Å²) in [5.74, 6) is 0. The molecule has 2 aromatic rings. The maximum Gasteiger partial charge on any atom is 0.139 e. The molecule has 0 aliphatic heterocycles. The van der Waals surface area contributed by atoms with E-state index in [1.54, 1.807) is 6.20 Å². The Morgan fingerprint density at radius 2 is 2.14 bits per heavy atom. The van der Waals surface area contributed by atoms with Gasteiger partial charge in [-0.05, 0) is 18.2 Å². The highest BCUT2D eigenvalue weighted by Crippen LogP contribution is 2.14. The molecule has 0 spiro atoms. The number of hydrogen-bond acceptors (Lipinski definition) is 2. The number of hydrogen-bond donors (Lipinski definition) is 1. The van der Waals surface area contributed by atoms with Crippen LogP contribution in [0.25, 0.3) is 11.0 Å². The fourth-order valence-electron chi connectivity index (χ4n) is 1.41. The minimum atomic E-state index is 0. The van der Waals surface area contributed by atoms with E-state index in [1.807, 2.05) is 23.7 Å². The van der Waals surface area contributed by atoms with E-state index < -0.39 is 0 Å². The summed E-state index contributed by atoms with van der Waals surface area (Å²) in [6, 6.07) is 6.05. The van der Waals surface area contributed by atoms with Crippen molar-refractivity contribution in [3.8, 4) is 0 Å². The van der Waals surface area contributed by atoms with Gasteiger partial charge in [0.05, 0.1) is 0 Å². The van der Waals surface area contributed by atoms with E-state index in [1.165, 1.54) is 0 Å². The Balaban J connectivity index is 0.000000845. The zero-order valence-electron chi connectivity index (χ0n) is 7.80. The molecule has 0 unspecified atom stereocenters. The number of nitrogens with zero attached hydrogens (tertiary/aromatic N) is 2. The second kappa shape index (κ2) is 5.20. The van der Waals surface area contributed by atoms with Gasteiger partial charge < -0.3 is 10.3 Å². The van der Waals surface area contributed by atoms with Crippen LogP contribution in [0, 0.1) is 0 Å². The van der Waals surface area contributed by atoms with Crippen LogP contribution in [0.4, 0.5) is 0 Å². The predicted molar refractivity (Wildman–Crippen MR) is 63.1 cm³/mol. The molecule has 0 saturated heterocycles. The first-order valence-electron chi connectivity index (χ1n) is 3.92. The van der Waals surface area contributed by atoms with Gasteiger partial charge in [0.25, 0.3) is 0 Å². The van der Waals surface area contributed by atoms with Crippen molar-refractivity contribution < 1.29 is 0 Å². The largest absolute Gasteiger partial charge is 0.331 e. The molecule has 2 heterocycles. The molecule has 0 aliphatic rings. The summed E-state index contributed by atoms with van der Waals surface area (Å²) in [7, 11) is 1.98. The molecule has 0 aromatic carbocycles. The Hall–Kier alpha value is -0.770. The van der Waals surface area contributed by atoms with Crippen LogP contribution in [-0.2, 0) is 13.6 Å². The van der Waals surface area contributed by atoms with Crippen molar-refractivity contribution in [2.75, 3.05) is 0 Å². The van der Waals surface area contributed by atoms with Crippen molar-refractivity contribution >= 4 is 35.8 Å². The Labute approximate surface area is 95.1 Å². The van der Waals surface area contributed by atoms with Crippen LogP contribution in [0.2, 0.25) is 0 Å². The van der Waals surface area contributed by atoms with Gasteiger partial charge in [0.1, 0.15) is 5.65 Å². The van der Waals surface area contributed by atoms with Crippen molar-refractivity contribution in [3.05, 3.63) is 30.1 Å². The molecule has 5 heteroatoms. The molecule has 0 radical (unpaired) electrons. The number of aryl methyl sites for hydroxylation is 1. The van der Waals surface area contributed by atoms with Crippen molar-refractivity contribution in [2.24, 2.45) is 12.8 Å². The lowest BCUT2D eigenvalue weighted by Crippen LogP contribution is -2.02. The highest BCUT2D eigenvalue weighted by atomic mass is 35.5. The maximum absolute atomic E-state index is 5.57. The lowest BCUT2D eigenvalue weighted by atomic mass is 10.3. The molecule has 78 valence electrons. The Morgan fingerprint density at radius 1 is 1.43 bits per heavy atom. The molecule has 14 heavy (non-hydrogen) atoms. The first-order chi connectivity index (χ1) is 5.83. The van der Waals surface area contributed by atoms with Crippen LogP contribution in [0.3, 0.4) is 0 Å². The Morgan fingerprint density at radius 3 is 2.71 bits per heavy atom. The third-order valence-corrected chi connectivity index (χ3v) is 2.10. The fourth-order valence-corrected chi connectivity index (χ4v) is 1.41. The lowest BCUT2D eigenvalue weighted by Gasteiger charge is -1.98. The topological polar surface area (TPSA) is 43.8 Å². The van der Waals surface area contributed by atoms with Gasteiger partial charge in [0.15, 0.2) is 0 Å². The average Bonchev–Trinajstić information content (AvgIpc) is 2.44. The standard InChI is InChI=1S/C9H11N3.2ClH/c1-12-8(6-10)5-7-3-2-4-11-9(7)12;;/h2-5H,6,10H2,1H3;2*1H. The number of pyridine rings is 1. The number of fused-ring (bicyclic) bond motifs is 1. The zero-order valence-corrected chi connectivity index (χ0v) is 9.44. The second-order valence-electron chi connectivity index (χ2n) is 2.82. The number of halogens is 2. The molecular formula is C9H13Cl2N3. The lowest BCUT2D eigenvalue weighted by molar-refractivity contribution is 0.839. The van der Waals surface area contributed by atoms with Crippen LogP contribution in [0.5, 0.6) is 0 Å². The summed E-state index contributed by atoms with van der Waals surface area (Å²) in [6.45, 7) is 0.562. The summed E-state index contributed by atoms with van der Waals surface area (Å²) in [5, 5.41) is 1.15. The fraction of sp³-hybridized carbons (Fsp3) is 0.222. The quantitative estimate of drug-likeness (QED) is 0.818.